The van der Waals surface area contributed by atoms with Crippen LogP contribution in [0.5, 0.6) is 0 Å². The lowest BCUT2D eigenvalue weighted by atomic mass is 10.1. The molecule has 0 fully saturated rings. The molecule has 4 nitrogen and oxygen atoms in total. The van der Waals surface area contributed by atoms with Crippen molar-refractivity contribution in [3.05, 3.63) is 52.9 Å². The van der Waals surface area contributed by atoms with Crippen molar-refractivity contribution in [2.24, 2.45) is 0 Å². The Kier molecular flexibility index (Phi) is 2.98. The molecule has 5 heteroatoms. The molecule has 0 N–H and O–H groups in total. The molecule has 0 saturated carbocycles. The summed E-state index contributed by atoms with van der Waals surface area (Å²) in [5, 5.41) is 0. The summed E-state index contributed by atoms with van der Waals surface area (Å²) >= 11 is -2.24. The monoisotopic (exact) mass is 235 g/mol. The first kappa shape index (κ1) is 10.8. The van der Waals surface area contributed by atoms with Crippen LogP contribution in [0.2, 0.25) is 0 Å². The fourth-order valence-corrected chi connectivity index (χ4v) is 1.63. The van der Waals surface area contributed by atoms with Crippen LogP contribution in [-0.2, 0) is 11.1 Å². The first-order chi connectivity index (χ1) is 7.66. The molecule has 0 amide bonds. The Morgan fingerprint density at radius 3 is 2.38 bits per heavy atom. The van der Waals surface area contributed by atoms with E-state index in [2.05, 4.69) is 0 Å². The molecule has 0 aliphatic rings. The van der Waals surface area contributed by atoms with Crippen molar-refractivity contribution in [1.29, 1.82) is 0 Å². The number of hydrogen-bond acceptors (Lipinski definition) is 4. The SMILES string of the molecule is O=c1ccoc(-c2ccc(S(=O)[O-])cc2)c1. The maximum absolute atomic E-state index is 11.1. The van der Waals surface area contributed by atoms with Crippen LogP contribution >= 0.6 is 0 Å². The molecule has 1 aromatic heterocycles. The van der Waals surface area contributed by atoms with Crippen LogP contribution in [0, 0.1) is 0 Å². The smallest absolute Gasteiger partial charge is 0.185 e. The van der Waals surface area contributed by atoms with E-state index in [9.17, 15) is 13.6 Å². The van der Waals surface area contributed by atoms with Gasteiger partial charge in [-0.1, -0.05) is 12.1 Å². The van der Waals surface area contributed by atoms with Crippen molar-refractivity contribution >= 4 is 11.1 Å². The van der Waals surface area contributed by atoms with Gasteiger partial charge in [0.1, 0.15) is 5.76 Å². The third-order valence-electron chi connectivity index (χ3n) is 2.03. The van der Waals surface area contributed by atoms with Gasteiger partial charge in [-0.15, -0.1) is 0 Å². The number of rotatable bonds is 2. The summed E-state index contributed by atoms with van der Waals surface area (Å²) in [6.45, 7) is 0. The molecule has 0 aliphatic carbocycles. The third-order valence-corrected chi connectivity index (χ3v) is 2.69. The summed E-state index contributed by atoms with van der Waals surface area (Å²) in [5.74, 6) is 0.413. The Morgan fingerprint density at radius 1 is 1.12 bits per heavy atom. The first-order valence-electron chi connectivity index (χ1n) is 4.45. The van der Waals surface area contributed by atoms with Gasteiger partial charge in [-0.3, -0.25) is 9.00 Å². The van der Waals surface area contributed by atoms with Crippen LogP contribution in [0.1, 0.15) is 0 Å². The van der Waals surface area contributed by atoms with Gasteiger partial charge in [-0.05, 0) is 23.2 Å². The minimum atomic E-state index is -2.24. The largest absolute Gasteiger partial charge is 0.768 e. The molecule has 2 aromatic rings. The molecule has 1 heterocycles. The molecule has 0 aliphatic heterocycles. The highest BCUT2D eigenvalue weighted by Gasteiger charge is 2.01. The Bertz CT molecular complexity index is 571. The molecule has 0 spiro atoms. The van der Waals surface area contributed by atoms with Crippen molar-refractivity contribution in [1.82, 2.24) is 0 Å². The lowest BCUT2D eigenvalue weighted by molar-refractivity contribution is 0.537. The van der Waals surface area contributed by atoms with E-state index in [4.69, 9.17) is 4.42 Å². The fourth-order valence-electron chi connectivity index (χ4n) is 1.27. The van der Waals surface area contributed by atoms with Gasteiger partial charge in [0.05, 0.1) is 6.26 Å². The summed E-state index contributed by atoms with van der Waals surface area (Å²) in [7, 11) is 0. The van der Waals surface area contributed by atoms with Gasteiger partial charge < -0.3 is 8.97 Å². The predicted octanol–water partition coefficient (Wildman–Crippen LogP) is 1.54. The van der Waals surface area contributed by atoms with Crippen LogP contribution in [0.4, 0.5) is 0 Å². The Balaban J connectivity index is 2.42. The highest BCUT2D eigenvalue weighted by molar-refractivity contribution is 7.79. The Hall–Kier alpha value is -1.72. The molecular formula is C11H7O4S-. The van der Waals surface area contributed by atoms with E-state index >= 15 is 0 Å². The van der Waals surface area contributed by atoms with Gasteiger partial charge in [0.15, 0.2) is 5.43 Å². The molecule has 0 saturated heterocycles. The zero-order valence-corrected chi connectivity index (χ0v) is 8.90. The second-order valence-electron chi connectivity index (χ2n) is 3.09. The Labute approximate surface area is 93.8 Å². The van der Waals surface area contributed by atoms with Crippen LogP contribution < -0.4 is 5.43 Å². The van der Waals surface area contributed by atoms with Crippen molar-refractivity contribution in [2.75, 3.05) is 0 Å². The average molecular weight is 235 g/mol. The first-order valence-corrected chi connectivity index (χ1v) is 5.53. The van der Waals surface area contributed by atoms with Crippen LogP contribution in [0.3, 0.4) is 0 Å². The van der Waals surface area contributed by atoms with Crippen LogP contribution in [0.25, 0.3) is 11.3 Å². The van der Waals surface area contributed by atoms with Crippen molar-refractivity contribution in [2.45, 2.75) is 4.90 Å². The van der Waals surface area contributed by atoms with E-state index in [0.29, 0.717) is 11.3 Å². The minimum absolute atomic E-state index is 0.155. The molecule has 1 atom stereocenters. The summed E-state index contributed by atoms with van der Waals surface area (Å²) in [4.78, 5) is 11.3. The normalized spacial score (nSPS) is 12.3. The van der Waals surface area contributed by atoms with Gasteiger partial charge in [-0.25, -0.2) is 0 Å². The van der Waals surface area contributed by atoms with Crippen LogP contribution in [0.15, 0.2) is 56.8 Å². The molecule has 0 radical (unpaired) electrons. The second kappa shape index (κ2) is 4.42. The van der Waals surface area contributed by atoms with E-state index in [1.165, 1.54) is 30.5 Å². The fraction of sp³-hybridized carbons (Fsp3) is 0. The highest BCUT2D eigenvalue weighted by atomic mass is 32.2. The van der Waals surface area contributed by atoms with Gasteiger partial charge in [0.2, 0.25) is 0 Å². The topological polar surface area (TPSA) is 70.3 Å². The van der Waals surface area contributed by atoms with Gasteiger partial charge in [-0.2, -0.15) is 0 Å². The van der Waals surface area contributed by atoms with E-state index < -0.39 is 11.1 Å². The highest BCUT2D eigenvalue weighted by Crippen LogP contribution is 2.18. The van der Waals surface area contributed by atoms with Gasteiger partial charge in [0, 0.05) is 22.6 Å². The van der Waals surface area contributed by atoms with Crippen molar-refractivity contribution in [3.8, 4) is 11.3 Å². The lowest BCUT2D eigenvalue weighted by Gasteiger charge is -2.05. The number of benzene rings is 1. The van der Waals surface area contributed by atoms with Crippen molar-refractivity contribution in [3.63, 3.8) is 0 Å². The van der Waals surface area contributed by atoms with Gasteiger partial charge >= 0.3 is 0 Å². The maximum atomic E-state index is 11.1. The van der Waals surface area contributed by atoms with Crippen molar-refractivity contribution < 1.29 is 13.2 Å². The van der Waals surface area contributed by atoms with E-state index in [1.54, 1.807) is 12.1 Å². The average Bonchev–Trinajstić information content (AvgIpc) is 2.29. The maximum Gasteiger partial charge on any atom is 0.185 e. The second-order valence-corrected chi connectivity index (χ2v) is 4.03. The number of hydrogen-bond donors (Lipinski definition) is 0. The molecule has 82 valence electrons. The van der Waals surface area contributed by atoms with E-state index in [0.717, 1.165) is 0 Å². The quantitative estimate of drug-likeness (QED) is 0.740. The summed E-state index contributed by atoms with van der Waals surface area (Å²) in [5.41, 5.74) is 0.504. The molecule has 0 bridgehead atoms. The summed E-state index contributed by atoms with van der Waals surface area (Å²) in [6, 6.07) is 8.73. The summed E-state index contributed by atoms with van der Waals surface area (Å²) in [6.07, 6.45) is 1.30. The molecule has 1 unspecified atom stereocenters. The molecule has 1 aromatic carbocycles. The Morgan fingerprint density at radius 2 is 1.81 bits per heavy atom. The van der Waals surface area contributed by atoms with Crippen LogP contribution in [-0.4, -0.2) is 8.76 Å². The third kappa shape index (κ3) is 2.26. The zero-order valence-electron chi connectivity index (χ0n) is 8.08. The summed E-state index contributed by atoms with van der Waals surface area (Å²) < 4.78 is 26.4. The van der Waals surface area contributed by atoms with E-state index in [-0.39, 0.29) is 10.3 Å². The minimum Gasteiger partial charge on any atom is -0.768 e. The molecular weight excluding hydrogens is 228 g/mol. The zero-order chi connectivity index (χ0) is 11.5. The standard InChI is InChI=1S/C11H8O4S/c12-9-5-6-15-11(7-9)8-1-3-10(4-2-8)16(13)14/h1-7H,(H,13,14)/p-1. The molecule has 2 rings (SSSR count). The van der Waals surface area contributed by atoms with E-state index in [1.807, 2.05) is 0 Å². The van der Waals surface area contributed by atoms with Gasteiger partial charge in [0.25, 0.3) is 0 Å². The molecule has 16 heavy (non-hydrogen) atoms. The predicted molar refractivity (Wildman–Crippen MR) is 57.6 cm³/mol. The lowest BCUT2D eigenvalue weighted by Crippen LogP contribution is -1.95.